The Hall–Kier alpha value is -3.40. The van der Waals surface area contributed by atoms with Gasteiger partial charge >= 0.3 is 5.97 Å². The van der Waals surface area contributed by atoms with Gasteiger partial charge in [-0.1, -0.05) is 23.8 Å². The van der Waals surface area contributed by atoms with E-state index >= 15 is 0 Å². The molecule has 2 fully saturated rings. The lowest BCUT2D eigenvalue weighted by molar-refractivity contribution is -0.144. The normalized spacial score (nSPS) is 32.0. The Morgan fingerprint density at radius 2 is 1.83 bits per heavy atom. The number of aromatic hydroxyl groups is 1. The third kappa shape index (κ3) is 5.08. The molecule has 4 N–H and O–H groups in total. The number of Topliss-reactive ketones (excluding diaryl/α,β-unsaturated/α-hetero) is 1. The highest BCUT2D eigenvalue weighted by Crippen LogP contribution is 2.69. The van der Waals surface area contributed by atoms with Crippen molar-refractivity contribution in [3.63, 3.8) is 0 Å². The first-order chi connectivity index (χ1) is 21.8. The molecule has 47 heavy (non-hydrogen) atoms. The summed E-state index contributed by atoms with van der Waals surface area (Å²) in [4.78, 5) is 26.5. The van der Waals surface area contributed by atoms with Crippen LogP contribution in [0.5, 0.6) is 17.2 Å². The minimum Gasteiger partial charge on any atom is -0.506 e. The van der Waals surface area contributed by atoms with Gasteiger partial charge in [0.1, 0.15) is 34.0 Å². The number of phenolic OH excluding ortho intramolecular Hbond substituents is 1. The monoisotopic (exact) mass is 648 g/mol. The smallest absolute Gasteiger partial charge is 0.330 e. The molecule has 1 saturated carbocycles. The van der Waals surface area contributed by atoms with Crippen LogP contribution in [0.4, 0.5) is 0 Å². The summed E-state index contributed by atoms with van der Waals surface area (Å²) in [6.07, 6.45) is 10.9. The molecule has 2 unspecified atom stereocenters. The van der Waals surface area contributed by atoms with Gasteiger partial charge < -0.3 is 34.6 Å². The summed E-state index contributed by atoms with van der Waals surface area (Å²) in [5.74, 6) is -1.02. The van der Waals surface area contributed by atoms with Gasteiger partial charge in [-0.3, -0.25) is 4.79 Å². The van der Waals surface area contributed by atoms with Crippen molar-refractivity contribution in [3.05, 3.63) is 57.7 Å². The zero-order valence-corrected chi connectivity index (χ0v) is 28.7. The molecular weight excluding hydrogens is 600 g/mol. The molecule has 0 amide bonds. The van der Waals surface area contributed by atoms with Crippen LogP contribution >= 0.6 is 0 Å². The van der Waals surface area contributed by atoms with E-state index in [4.69, 9.17) is 14.2 Å². The number of fused-ring (bicyclic) bond motifs is 2. The Morgan fingerprint density at radius 1 is 1.13 bits per heavy atom. The molecule has 0 aromatic heterocycles. The lowest BCUT2D eigenvalue weighted by Gasteiger charge is -2.57. The highest BCUT2D eigenvalue weighted by Gasteiger charge is 2.77. The molecule has 9 nitrogen and oxygen atoms in total. The summed E-state index contributed by atoms with van der Waals surface area (Å²) in [6.45, 7) is 14.6. The second-order valence-corrected chi connectivity index (χ2v) is 15.8. The molecule has 1 aromatic carbocycles. The molecule has 6 aliphatic rings. The van der Waals surface area contributed by atoms with Gasteiger partial charge in [-0.2, -0.15) is 0 Å². The lowest BCUT2D eigenvalue weighted by atomic mass is 9.51. The van der Waals surface area contributed by atoms with Crippen molar-refractivity contribution in [2.75, 3.05) is 0 Å². The van der Waals surface area contributed by atoms with Gasteiger partial charge in [0, 0.05) is 22.6 Å². The standard InChI is InChI=1S/C38H48O9/c1-20(2)9-10-24-31-23(12-14-36(8,45-31)15-13-27(39)34(4,5)44)29(40)28-30(41)25-17-22-18-26-35(6,7)47-37(19-22,16-11-21(3)33(42)43)38(25,26)46-32(24)28/h9,11-12,14,17,22,26-27,39-40,44H,10,13,15-16,18-19H2,1-8H3,(H,42,43)/b21-11-/t22-,26?,27?,36+,37+,38-/m1/s1. The molecular formula is C38H48O9. The number of benzene rings is 1. The number of aliphatic carboxylic acids is 1. The average Bonchev–Trinajstić information content (AvgIpc) is 3.08. The van der Waals surface area contributed by atoms with Crippen LogP contribution in [0.15, 0.2) is 41.0 Å². The summed E-state index contributed by atoms with van der Waals surface area (Å²) in [7, 11) is 0. The van der Waals surface area contributed by atoms with E-state index < -0.39 is 40.1 Å². The average molecular weight is 649 g/mol. The van der Waals surface area contributed by atoms with Crippen LogP contribution in [0, 0.1) is 11.8 Å². The number of phenols is 1. The lowest BCUT2D eigenvalue weighted by Crippen LogP contribution is -2.68. The number of carbonyl (C=O) groups is 2. The molecule has 254 valence electrons. The maximum Gasteiger partial charge on any atom is 0.330 e. The van der Waals surface area contributed by atoms with Crippen molar-refractivity contribution in [1.82, 2.24) is 0 Å². The van der Waals surface area contributed by atoms with Crippen LogP contribution in [0.3, 0.4) is 0 Å². The van der Waals surface area contributed by atoms with Gasteiger partial charge in [-0.25, -0.2) is 4.79 Å². The molecule has 1 saturated heterocycles. The predicted octanol–water partition coefficient (Wildman–Crippen LogP) is 6.23. The molecule has 3 aliphatic carbocycles. The van der Waals surface area contributed by atoms with Gasteiger partial charge in [-0.05, 0) is 112 Å². The van der Waals surface area contributed by atoms with E-state index in [0.717, 1.165) is 12.0 Å². The number of allylic oxidation sites excluding steroid dienone is 3. The summed E-state index contributed by atoms with van der Waals surface area (Å²) in [5.41, 5.74) is -2.19. The molecule has 3 heterocycles. The number of ketones is 1. The minimum atomic E-state index is -1.28. The fraction of sp³-hybridized carbons (Fsp3) is 0.579. The zero-order chi connectivity index (χ0) is 34.5. The van der Waals surface area contributed by atoms with Crippen LogP contribution in [0.2, 0.25) is 0 Å². The molecule has 1 spiro atoms. The first kappa shape index (κ1) is 33.5. The maximum atomic E-state index is 14.7. The van der Waals surface area contributed by atoms with E-state index in [0.29, 0.717) is 41.7 Å². The van der Waals surface area contributed by atoms with Crippen molar-refractivity contribution in [2.24, 2.45) is 11.8 Å². The third-order valence-electron chi connectivity index (χ3n) is 11.1. The Labute approximate surface area is 276 Å². The van der Waals surface area contributed by atoms with E-state index in [-0.39, 0.29) is 53.1 Å². The van der Waals surface area contributed by atoms with Crippen LogP contribution < -0.4 is 9.47 Å². The molecule has 9 heteroatoms. The number of aliphatic hydroxyl groups excluding tert-OH is 1. The first-order valence-corrected chi connectivity index (χ1v) is 16.7. The maximum absolute atomic E-state index is 14.7. The van der Waals surface area contributed by atoms with E-state index in [1.807, 2.05) is 52.8 Å². The van der Waals surface area contributed by atoms with Crippen molar-refractivity contribution < 1.29 is 44.2 Å². The Morgan fingerprint density at radius 3 is 2.47 bits per heavy atom. The van der Waals surface area contributed by atoms with Crippen LogP contribution in [-0.2, 0) is 16.0 Å². The molecule has 6 atom stereocenters. The topological polar surface area (TPSA) is 143 Å². The number of carboxylic acids is 1. The highest BCUT2D eigenvalue weighted by molar-refractivity contribution is 6.16. The zero-order valence-electron chi connectivity index (χ0n) is 28.7. The fourth-order valence-corrected chi connectivity index (χ4v) is 8.56. The third-order valence-corrected chi connectivity index (χ3v) is 11.1. The molecule has 4 bridgehead atoms. The van der Waals surface area contributed by atoms with E-state index in [9.17, 15) is 30.0 Å². The van der Waals surface area contributed by atoms with Crippen molar-refractivity contribution in [1.29, 1.82) is 0 Å². The van der Waals surface area contributed by atoms with Crippen LogP contribution in [0.1, 0.15) is 109 Å². The van der Waals surface area contributed by atoms with E-state index in [1.54, 1.807) is 32.9 Å². The van der Waals surface area contributed by atoms with Crippen molar-refractivity contribution in [2.45, 2.75) is 128 Å². The second-order valence-electron chi connectivity index (χ2n) is 15.8. The number of rotatable bonds is 9. The minimum absolute atomic E-state index is 0.0411. The van der Waals surface area contributed by atoms with Gasteiger partial charge in [-0.15, -0.1) is 0 Å². The number of carboxylic acid groups (broad SMARTS) is 1. The number of aliphatic hydroxyl groups is 2. The predicted molar refractivity (Wildman–Crippen MR) is 177 cm³/mol. The van der Waals surface area contributed by atoms with Gasteiger partial charge in [0.2, 0.25) is 0 Å². The number of carbonyl (C=O) groups excluding carboxylic acids is 1. The quantitative estimate of drug-likeness (QED) is 0.181. The molecule has 0 radical (unpaired) electrons. The Bertz CT molecular complexity index is 1670. The number of hydrogen-bond acceptors (Lipinski definition) is 8. The largest absolute Gasteiger partial charge is 0.506 e. The fourth-order valence-electron chi connectivity index (χ4n) is 8.56. The SMILES string of the molecule is CC(C)=CCc1c2c(c(O)c3c1O[C@]14C(=C[C@@H]5CC1C(C)(C)O[C@@]4(C/C=C(/C)C(=O)O)C5)C3=O)C=C[C@@](C)(CCC(O)C(C)(C)O)O2. The summed E-state index contributed by atoms with van der Waals surface area (Å²) >= 11 is 0. The molecule has 3 aliphatic heterocycles. The number of ether oxygens (including phenoxy) is 3. The van der Waals surface area contributed by atoms with Gasteiger partial charge in [0.05, 0.1) is 22.9 Å². The van der Waals surface area contributed by atoms with Gasteiger partial charge in [0.25, 0.3) is 0 Å². The van der Waals surface area contributed by atoms with E-state index in [1.165, 1.54) is 0 Å². The highest BCUT2D eigenvalue weighted by atomic mass is 16.6. The van der Waals surface area contributed by atoms with Crippen molar-refractivity contribution >= 4 is 17.8 Å². The van der Waals surface area contributed by atoms with Crippen LogP contribution in [0.25, 0.3) is 6.08 Å². The van der Waals surface area contributed by atoms with Gasteiger partial charge in [0.15, 0.2) is 11.4 Å². The van der Waals surface area contributed by atoms with Crippen LogP contribution in [-0.4, -0.2) is 66.3 Å². The Balaban J connectivity index is 1.53. The first-order valence-electron chi connectivity index (χ1n) is 16.7. The summed E-state index contributed by atoms with van der Waals surface area (Å²) in [5, 5.41) is 42.4. The number of hydrogen-bond donors (Lipinski definition) is 4. The Kier molecular flexibility index (Phi) is 7.70. The summed E-state index contributed by atoms with van der Waals surface area (Å²) < 4.78 is 20.9. The summed E-state index contributed by atoms with van der Waals surface area (Å²) in [6, 6.07) is 0. The molecule has 7 rings (SSSR count). The van der Waals surface area contributed by atoms with Crippen molar-refractivity contribution in [3.8, 4) is 17.2 Å². The van der Waals surface area contributed by atoms with E-state index in [2.05, 4.69) is 0 Å². The molecule has 1 aromatic rings. The second kappa shape index (κ2) is 10.8.